The highest BCUT2D eigenvalue weighted by atomic mass is 16.1. The number of carbonyl (C=O) groups excluding carboxylic acids is 1. The summed E-state index contributed by atoms with van der Waals surface area (Å²) in [5.41, 5.74) is 11.4. The van der Waals surface area contributed by atoms with Crippen molar-refractivity contribution in [3.8, 4) is 0 Å². The van der Waals surface area contributed by atoms with Crippen LogP contribution in [0.3, 0.4) is 0 Å². The van der Waals surface area contributed by atoms with E-state index in [0.29, 0.717) is 23.4 Å². The summed E-state index contributed by atoms with van der Waals surface area (Å²) >= 11 is 0. The molecule has 0 spiro atoms. The number of hydrogen-bond acceptors (Lipinski definition) is 4. The molecule has 62 valence electrons. The monoisotopic (exact) mass is 163 g/mol. The zero-order chi connectivity index (χ0) is 8.97. The number of aromatic nitrogens is 1. The fraction of sp³-hybridized carbons (Fsp3) is 0. The fourth-order valence-corrected chi connectivity index (χ4v) is 0.797. The van der Waals surface area contributed by atoms with Crippen LogP contribution in [0.25, 0.3) is 5.57 Å². The molecule has 0 amide bonds. The Bertz CT molecular complexity index is 320. The Hall–Kier alpha value is -1.84. The number of nitrogens with two attached hydrogens (primary N) is 2. The number of rotatable bonds is 2. The minimum Gasteiger partial charge on any atom is -0.404 e. The summed E-state index contributed by atoms with van der Waals surface area (Å²) in [5, 5.41) is 0. The molecule has 1 heterocycles. The number of aldehydes is 1. The first-order valence-electron chi connectivity index (χ1n) is 3.38. The largest absolute Gasteiger partial charge is 0.404 e. The number of nitrogen functional groups attached to an aromatic ring is 1. The van der Waals surface area contributed by atoms with Gasteiger partial charge < -0.3 is 11.5 Å². The molecule has 1 rings (SSSR count). The Kier molecular flexibility index (Phi) is 2.42. The van der Waals surface area contributed by atoms with Crippen LogP contribution in [-0.2, 0) is 4.79 Å². The summed E-state index contributed by atoms with van der Waals surface area (Å²) in [6.45, 7) is 0. The number of allylic oxidation sites excluding steroid dienone is 1. The third kappa shape index (κ3) is 1.60. The summed E-state index contributed by atoms with van der Waals surface area (Å²) in [6.07, 6.45) is 1.84. The average Bonchev–Trinajstić information content (AvgIpc) is 2.07. The van der Waals surface area contributed by atoms with Crippen molar-refractivity contribution in [2.45, 2.75) is 0 Å². The lowest BCUT2D eigenvalue weighted by Gasteiger charge is -1.98. The van der Waals surface area contributed by atoms with Gasteiger partial charge in [0.05, 0.1) is 11.3 Å². The number of hydrogen-bond donors (Lipinski definition) is 2. The first-order chi connectivity index (χ1) is 5.77. The molecule has 0 saturated heterocycles. The Morgan fingerprint density at radius 1 is 1.50 bits per heavy atom. The summed E-state index contributed by atoms with van der Waals surface area (Å²) in [6, 6.07) is 5.02. The molecular weight excluding hydrogens is 154 g/mol. The van der Waals surface area contributed by atoms with Crippen molar-refractivity contribution in [2.24, 2.45) is 5.73 Å². The maximum absolute atomic E-state index is 10.4. The van der Waals surface area contributed by atoms with Crippen LogP contribution >= 0.6 is 0 Å². The number of nitrogens with zero attached hydrogens (tertiary/aromatic N) is 1. The first-order valence-corrected chi connectivity index (χ1v) is 3.38. The van der Waals surface area contributed by atoms with Crippen LogP contribution in [0.2, 0.25) is 0 Å². The maximum Gasteiger partial charge on any atom is 0.153 e. The van der Waals surface area contributed by atoms with Gasteiger partial charge in [-0.3, -0.25) is 4.79 Å². The van der Waals surface area contributed by atoms with Gasteiger partial charge >= 0.3 is 0 Å². The van der Waals surface area contributed by atoms with Crippen LogP contribution in [-0.4, -0.2) is 11.3 Å². The predicted molar refractivity (Wildman–Crippen MR) is 46.9 cm³/mol. The van der Waals surface area contributed by atoms with Crippen LogP contribution in [0.1, 0.15) is 5.69 Å². The molecule has 0 fully saturated rings. The molecule has 0 aliphatic rings. The van der Waals surface area contributed by atoms with Crippen LogP contribution < -0.4 is 11.5 Å². The highest BCUT2D eigenvalue weighted by molar-refractivity contribution is 6.05. The van der Waals surface area contributed by atoms with E-state index in [1.807, 2.05) is 0 Å². The van der Waals surface area contributed by atoms with Gasteiger partial charge in [0.2, 0.25) is 0 Å². The highest BCUT2D eigenvalue weighted by Crippen LogP contribution is 2.08. The van der Waals surface area contributed by atoms with Crippen LogP contribution in [0, 0.1) is 0 Å². The summed E-state index contributed by atoms with van der Waals surface area (Å²) < 4.78 is 0. The van der Waals surface area contributed by atoms with E-state index in [2.05, 4.69) is 4.98 Å². The van der Waals surface area contributed by atoms with Gasteiger partial charge in [0.25, 0.3) is 0 Å². The molecule has 0 unspecified atom stereocenters. The van der Waals surface area contributed by atoms with E-state index in [1.165, 1.54) is 6.20 Å². The second-order valence-electron chi connectivity index (χ2n) is 2.19. The van der Waals surface area contributed by atoms with Crippen molar-refractivity contribution < 1.29 is 4.79 Å². The lowest BCUT2D eigenvalue weighted by Crippen LogP contribution is -1.97. The molecule has 0 aliphatic carbocycles. The summed E-state index contributed by atoms with van der Waals surface area (Å²) in [5.74, 6) is 0.369. The van der Waals surface area contributed by atoms with Gasteiger partial charge in [-0.2, -0.15) is 0 Å². The second-order valence-corrected chi connectivity index (χ2v) is 2.19. The minimum atomic E-state index is 0.335. The summed E-state index contributed by atoms with van der Waals surface area (Å²) in [7, 11) is 0. The van der Waals surface area contributed by atoms with E-state index in [0.717, 1.165) is 0 Å². The van der Waals surface area contributed by atoms with Gasteiger partial charge in [-0.25, -0.2) is 4.98 Å². The van der Waals surface area contributed by atoms with Crippen molar-refractivity contribution in [2.75, 3.05) is 5.73 Å². The predicted octanol–water partition coefficient (Wildman–Crippen LogP) is 0.162. The van der Waals surface area contributed by atoms with E-state index in [9.17, 15) is 4.79 Å². The lowest BCUT2D eigenvalue weighted by molar-refractivity contribution is -0.103. The Labute approximate surface area is 69.9 Å². The molecule has 1 aromatic heterocycles. The molecule has 0 saturated carbocycles. The van der Waals surface area contributed by atoms with Crippen molar-refractivity contribution in [3.05, 3.63) is 30.1 Å². The average molecular weight is 163 g/mol. The molecule has 4 N–H and O–H groups in total. The van der Waals surface area contributed by atoms with Crippen LogP contribution in [0.5, 0.6) is 0 Å². The third-order valence-corrected chi connectivity index (χ3v) is 1.37. The molecule has 12 heavy (non-hydrogen) atoms. The zero-order valence-electron chi connectivity index (χ0n) is 6.40. The molecule has 1 aromatic rings. The number of carbonyl (C=O) groups is 1. The van der Waals surface area contributed by atoms with Gasteiger partial charge in [-0.15, -0.1) is 0 Å². The van der Waals surface area contributed by atoms with Gasteiger partial charge in [0.1, 0.15) is 5.82 Å². The van der Waals surface area contributed by atoms with Gasteiger partial charge in [0.15, 0.2) is 6.29 Å². The molecule has 0 aliphatic heterocycles. The molecular formula is C8H9N3O. The van der Waals surface area contributed by atoms with E-state index in [1.54, 1.807) is 18.2 Å². The van der Waals surface area contributed by atoms with Gasteiger partial charge in [-0.05, 0) is 12.1 Å². The third-order valence-electron chi connectivity index (χ3n) is 1.37. The molecule has 0 atom stereocenters. The van der Waals surface area contributed by atoms with E-state index in [4.69, 9.17) is 11.5 Å². The SMILES string of the molecule is NC=C(C=O)c1cccc(N)n1. The highest BCUT2D eigenvalue weighted by Gasteiger charge is 1.99. The van der Waals surface area contributed by atoms with E-state index >= 15 is 0 Å². The molecule has 0 bridgehead atoms. The Morgan fingerprint density at radius 3 is 2.75 bits per heavy atom. The summed E-state index contributed by atoms with van der Waals surface area (Å²) in [4.78, 5) is 14.3. The smallest absolute Gasteiger partial charge is 0.153 e. The van der Waals surface area contributed by atoms with E-state index in [-0.39, 0.29) is 0 Å². The maximum atomic E-state index is 10.4. The topological polar surface area (TPSA) is 82.0 Å². The zero-order valence-corrected chi connectivity index (χ0v) is 6.40. The lowest BCUT2D eigenvalue weighted by atomic mass is 10.2. The molecule has 4 nitrogen and oxygen atoms in total. The van der Waals surface area contributed by atoms with Crippen molar-refractivity contribution >= 4 is 17.7 Å². The van der Waals surface area contributed by atoms with Crippen LogP contribution in [0.4, 0.5) is 5.82 Å². The normalized spacial score (nSPS) is 11.2. The Morgan fingerprint density at radius 2 is 2.25 bits per heavy atom. The fourth-order valence-electron chi connectivity index (χ4n) is 0.797. The number of pyridine rings is 1. The van der Waals surface area contributed by atoms with E-state index < -0.39 is 0 Å². The van der Waals surface area contributed by atoms with Gasteiger partial charge in [-0.1, -0.05) is 6.07 Å². The standard InChI is InChI=1S/C8H9N3O/c9-4-6(5-12)7-2-1-3-8(10)11-7/h1-5H,9H2,(H2,10,11). The van der Waals surface area contributed by atoms with Crippen molar-refractivity contribution in [1.82, 2.24) is 4.98 Å². The number of anilines is 1. The second kappa shape index (κ2) is 3.52. The Balaban J connectivity index is 3.10. The quantitative estimate of drug-likeness (QED) is 0.480. The minimum absolute atomic E-state index is 0.335. The molecule has 0 aromatic carbocycles. The molecule has 0 radical (unpaired) electrons. The van der Waals surface area contributed by atoms with Crippen molar-refractivity contribution in [1.29, 1.82) is 0 Å². The van der Waals surface area contributed by atoms with Crippen LogP contribution in [0.15, 0.2) is 24.4 Å². The molecule has 4 heteroatoms. The first kappa shape index (κ1) is 8.26. The van der Waals surface area contributed by atoms with Crippen molar-refractivity contribution in [3.63, 3.8) is 0 Å². The van der Waals surface area contributed by atoms with Gasteiger partial charge in [0, 0.05) is 6.20 Å².